The first-order chi connectivity index (χ1) is 10.2. The summed E-state index contributed by atoms with van der Waals surface area (Å²) in [6.07, 6.45) is 4.51. The summed E-state index contributed by atoms with van der Waals surface area (Å²) in [4.78, 5) is 19.0. The molecule has 1 aromatic rings. The molecule has 21 heavy (non-hydrogen) atoms. The summed E-state index contributed by atoms with van der Waals surface area (Å²) in [5.74, 6) is 1.40. The number of carbonyl (C=O) groups is 1. The van der Waals surface area contributed by atoms with Gasteiger partial charge in [-0.3, -0.25) is 14.7 Å². The van der Waals surface area contributed by atoms with E-state index in [1.807, 2.05) is 17.0 Å². The molecule has 3 rings (SSSR count). The normalized spacial score (nSPS) is 19.1. The Labute approximate surface area is 138 Å². The SMILES string of the molecule is O=C(C1CCCC1)N1CCN=C1SCc1ccc(Br)cc1. The molecular formula is C16H19BrN2OS. The quantitative estimate of drug-likeness (QED) is 0.807. The summed E-state index contributed by atoms with van der Waals surface area (Å²) >= 11 is 5.12. The summed E-state index contributed by atoms with van der Waals surface area (Å²) in [6.45, 7) is 1.51. The topological polar surface area (TPSA) is 32.7 Å². The Bertz CT molecular complexity index is 538. The molecule has 0 saturated heterocycles. The van der Waals surface area contributed by atoms with Gasteiger partial charge in [0.25, 0.3) is 0 Å². The number of benzene rings is 1. The summed E-state index contributed by atoms with van der Waals surface area (Å²) < 4.78 is 1.09. The van der Waals surface area contributed by atoms with Crippen molar-refractivity contribution in [3.8, 4) is 0 Å². The van der Waals surface area contributed by atoms with Crippen molar-refractivity contribution in [2.45, 2.75) is 31.4 Å². The average molecular weight is 367 g/mol. The number of amidine groups is 1. The lowest BCUT2D eigenvalue weighted by Gasteiger charge is -2.21. The van der Waals surface area contributed by atoms with Gasteiger partial charge >= 0.3 is 0 Å². The Morgan fingerprint density at radius 3 is 2.71 bits per heavy atom. The van der Waals surface area contributed by atoms with Crippen molar-refractivity contribution in [3.63, 3.8) is 0 Å². The third kappa shape index (κ3) is 3.69. The smallest absolute Gasteiger partial charge is 0.231 e. The molecule has 0 unspecified atom stereocenters. The monoisotopic (exact) mass is 366 g/mol. The van der Waals surface area contributed by atoms with Crippen LogP contribution in [0.2, 0.25) is 0 Å². The van der Waals surface area contributed by atoms with Crippen LogP contribution in [-0.2, 0) is 10.5 Å². The van der Waals surface area contributed by atoms with E-state index in [-0.39, 0.29) is 5.92 Å². The molecule has 1 heterocycles. The Morgan fingerprint density at radius 2 is 2.00 bits per heavy atom. The van der Waals surface area contributed by atoms with Gasteiger partial charge in [0.2, 0.25) is 5.91 Å². The second kappa shape index (κ2) is 6.97. The van der Waals surface area contributed by atoms with Crippen molar-refractivity contribution in [1.29, 1.82) is 0 Å². The van der Waals surface area contributed by atoms with Crippen molar-refractivity contribution < 1.29 is 4.79 Å². The fraction of sp³-hybridized carbons (Fsp3) is 0.500. The van der Waals surface area contributed by atoms with E-state index in [4.69, 9.17) is 0 Å². The fourth-order valence-corrected chi connectivity index (χ4v) is 4.15. The molecule has 0 atom stereocenters. The minimum Gasteiger partial charge on any atom is -0.289 e. The average Bonchev–Trinajstić information content (AvgIpc) is 3.17. The maximum Gasteiger partial charge on any atom is 0.231 e. The van der Waals surface area contributed by atoms with Gasteiger partial charge < -0.3 is 0 Å². The van der Waals surface area contributed by atoms with Crippen LogP contribution < -0.4 is 0 Å². The van der Waals surface area contributed by atoms with Gasteiger partial charge in [0, 0.05) is 22.7 Å². The highest BCUT2D eigenvalue weighted by Crippen LogP contribution is 2.29. The van der Waals surface area contributed by atoms with Gasteiger partial charge in [-0.25, -0.2) is 0 Å². The van der Waals surface area contributed by atoms with E-state index in [1.54, 1.807) is 11.8 Å². The molecule has 2 aliphatic rings. The predicted octanol–water partition coefficient (Wildman–Crippen LogP) is 4.07. The highest BCUT2D eigenvalue weighted by Gasteiger charge is 2.31. The van der Waals surface area contributed by atoms with Crippen LogP contribution in [-0.4, -0.2) is 29.1 Å². The molecule has 3 nitrogen and oxygen atoms in total. The number of hydrogen-bond donors (Lipinski definition) is 0. The Morgan fingerprint density at radius 1 is 1.29 bits per heavy atom. The van der Waals surface area contributed by atoms with Crippen LogP contribution >= 0.6 is 27.7 Å². The summed E-state index contributed by atoms with van der Waals surface area (Å²) in [5.41, 5.74) is 1.26. The number of carbonyl (C=O) groups excluding carboxylic acids is 1. The molecule has 5 heteroatoms. The van der Waals surface area contributed by atoms with Gasteiger partial charge in [-0.1, -0.05) is 52.7 Å². The van der Waals surface area contributed by atoms with Crippen LogP contribution in [0.15, 0.2) is 33.7 Å². The second-order valence-corrected chi connectivity index (χ2v) is 7.41. The van der Waals surface area contributed by atoms with E-state index in [9.17, 15) is 4.79 Å². The molecule has 0 radical (unpaired) electrons. The van der Waals surface area contributed by atoms with Gasteiger partial charge in [0.1, 0.15) is 0 Å². The number of thioether (sulfide) groups is 1. The predicted molar refractivity (Wildman–Crippen MR) is 91.4 cm³/mol. The maximum atomic E-state index is 12.5. The van der Waals surface area contributed by atoms with Gasteiger partial charge in [-0.2, -0.15) is 0 Å². The fourth-order valence-electron chi connectivity index (χ4n) is 2.88. The molecule has 1 aliphatic heterocycles. The molecule has 1 saturated carbocycles. The van der Waals surface area contributed by atoms with Crippen LogP contribution in [0.3, 0.4) is 0 Å². The summed E-state index contributed by atoms with van der Waals surface area (Å²) in [5, 5.41) is 0.912. The highest BCUT2D eigenvalue weighted by atomic mass is 79.9. The third-order valence-corrected chi connectivity index (χ3v) is 5.67. The molecule has 0 bridgehead atoms. The van der Waals surface area contributed by atoms with Gasteiger partial charge in [0.15, 0.2) is 5.17 Å². The first-order valence-electron chi connectivity index (χ1n) is 7.47. The van der Waals surface area contributed by atoms with Crippen LogP contribution in [0.25, 0.3) is 0 Å². The Kier molecular flexibility index (Phi) is 5.01. The second-order valence-electron chi connectivity index (χ2n) is 5.55. The van der Waals surface area contributed by atoms with E-state index in [2.05, 4.69) is 33.1 Å². The number of amides is 1. The largest absolute Gasteiger partial charge is 0.289 e. The van der Waals surface area contributed by atoms with E-state index in [0.29, 0.717) is 5.91 Å². The van der Waals surface area contributed by atoms with E-state index in [1.165, 1.54) is 18.4 Å². The third-order valence-electron chi connectivity index (χ3n) is 4.05. The highest BCUT2D eigenvalue weighted by molar-refractivity contribution is 9.10. The molecular weight excluding hydrogens is 348 g/mol. The molecule has 112 valence electrons. The Hall–Kier alpha value is -0.810. The van der Waals surface area contributed by atoms with Gasteiger partial charge in [-0.05, 0) is 30.5 Å². The molecule has 1 aliphatic carbocycles. The van der Waals surface area contributed by atoms with Crippen molar-refractivity contribution >= 4 is 38.8 Å². The molecule has 1 aromatic carbocycles. The first-order valence-corrected chi connectivity index (χ1v) is 9.25. The number of halogens is 1. The number of nitrogens with zero attached hydrogens (tertiary/aromatic N) is 2. The molecule has 0 aromatic heterocycles. The van der Waals surface area contributed by atoms with E-state index in [0.717, 1.165) is 41.3 Å². The zero-order valence-electron chi connectivity index (χ0n) is 11.9. The number of rotatable bonds is 3. The van der Waals surface area contributed by atoms with Gasteiger partial charge in [0.05, 0.1) is 6.54 Å². The maximum absolute atomic E-state index is 12.5. The van der Waals surface area contributed by atoms with Crippen molar-refractivity contribution in [1.82, 2.24) is 4.90 Å². The van der Waals surface area contributed by atoms with Crippen molar-refractivity contribution in [2.75, 3.05) is 13.1 Å². The molecule has 0 spiro atoms. The zero-order valence-corrected chi connectivity index (χ0v) is 14.3. The number of aliphatic imine (C=N–C) groups is 1. The molecule has 0 N–H and O–H groups in total. The van der Waals surface area contributed by atoms with Crippen LogP contribution in [0.1, 0.15) is 31.2 Å². The Balaban J connectivity index is 1.59. The molecule has 1 fully saturated rings. The van der Waals surface area contributed by atoms with E-state index < -0.39 is 0 Å². The summed E-state index contributed by atoms with van der Waals surface area (Å²) in [7, 11) is 0. The standard InChI is InChI=1S/C16H19BrN2OS/c17-14-7-5-12(6-8-14)11-21-16-18-9-10-19(16)15(20)13-3-1-2-4-13/h5-8,13H,1-4,9-11H2. The minimum atomic E-state index is 0.238. The van der Waals surface area contributed by atoms with Crippen molar-refractivity contribution in [2.24, 2.45) is 10.9 Å². The van der Waals surface area contributed by atoms with Crippen LogP contribution in [0.5, 0.6) is 0 Å². The molecule has 1 amide bonds. The van der Waals surface area contributed by atoms with Crippen LogP contribution in [0, 0.1) is 5.92 Å². The number of hydrogen-bond acceptors (Lipinski definition) is 3. The lowest BCUT2D eigenvalue weighted by atomic mass is 10.1. The van der Waals surface area contributed by atoms with Gasteiger partial charge in [-0.15, -0.1) is 0 Å². The minimum absolute atomic E-state index is 0.238. The van der Waals surface area contributed by atoms with E-state index >= 15 is 0 Å². The first kappa shape index (κ1) is 15.1. The van der Waals surface area contributed by atoms with Crippen molar-refractivity contribution in [3.05, 3.63) is 34.3 Å². The lowest BCUT2D eigenvalue weighted by molar-refractivity contribution is -0.130. The lowest BCUT2D eigenvalue weighted by Crippen LogP contribution is -2.36. The van der Waals surface area contributed by atoms with Crippen LogP contribution in [0.4, 0.5) is 0 Å². The zero-order chi connectivity index (χ0) is 14.7. The summed E-state index contributed by atoms with van der Waals surface area (Å²) in [6, 6.07) is 8.31.